The molecule has 0 aliphatic heterocycles. The number of aliphatic imine (C=N–C) groups is 1. The van der Waals surface area contributed by atoms with E-state index in [1.54, 1.807) is 7.11 Å². The van der Waals surface area contributed by atoms with Crippen LogP contribution in [0.3, 0.4) is 0 Å². The van der Waals surface area contributed by atoms with Gasteiger partial charge < -0.3 is 25.0 Å². The molecular formula is C22H32N4O2. The summed E-state index contributed by atoms with van der Waals surface area (Å²) in [5, 5.41) is 6.68. The Labute approximate surface area is 168 Å². The van der Waals surface area contributed by atoms with Crippen LogP contribution in [0.5, 0.6) is 11.5 Å². The SMILES string of the molecule is CCNC(=NCc1ccc(OC)cc1)NCc1ccccc1OCCN(C)C. The number of methoxy groups -OCH3 is 1. The Hall–Kier alpha value is -2.73. The van der Waals surface area contributed by atoms with Gasteiger partial charge in [0.1, 0.15) is 18.1 Å². The fourth-order valence-corrected chi connectivity index (χ4v) is 2.55. The summed E-state index contributed by atoms with van der Waals surface area (Å²) in [6.45, 7) is 5.65. The van der Waals surface area contributed by atoms with Crippen LogP contribution in [0.1, 0.15) is 18.1 Å². The summed E-state index contributed by atoms with van der Waals surface area (Å²) in [5.74, 6) is 2.54. The van der Waals surface area contributed by atoms with Crippen molar-refractivity contribution in [1.29, 1.82) is 0 Å². The number of nitrogens with zero attached hydrogens (tertiary/aromatic N) is 2. The second-order valence-corrected chi connectivity index (χ2v) is 6.66. The third kappa shape index (κ3) is 7.48. The maximum atomic E-state index is 5.94. The van der Waals surface area contributed by atoms with Crippen LogP contribution in [-0.4, -0.2) is 51.8 Å². The smallest absolute Gasteiger partial charge is 0.191 e. The molecule has 0 fully saturated rings. The van der Waals surface area contributed by atoms with Crippen LogP contribution in [0.2, 0.25) is 0 Å². The lowest BCUT2D eigenvalue weighted by molar-refractivity contribution is 0.259. The predicted octanol–water partition coefficient (Wildman–Crippen LogP) is 2.89. The van der Waals surface area contributed by atoms with Gasteiger partial charge in [0, 0.05) is 25.2 Å². The number of hydrogen-bond donors (Lipinski definition) is 2. The Morgan fingerprint density at radius 3 is 2.46 bits per heavy atom. The van der Waals surface area contributed by atoms with E-state index in [4.69, 9.17) is 9.47 Å². The zero-order valence-electron chi connectivity index (χ0n) is 17.4. The molecule has 0 aliphatic rings. The van der Waals surface area contributed by atoms with E-state index in [2.05, 4.69) is 33.5 Å². The van der Waals surface area contributed by atoms with Crippen LogP contribution >= 0.6 is 0 Å². The van der Waals surface area contributed by atoms with Gasteiger partial charge in [0.05, 0.1) is 13.7 Å². The Morgan fingerprint density at radius 2 is 1.79 bits per heavy atom. The third-order valence-electron chi connectivity index (χ3n) is 4.14. The molecule has 0 radical (unpaired) electrons. The highest BCUT2D eigenvalue weighted by atomic mass is 16.5. The minimum Gasteiger partial charge on any atom is -0.497 e. The molecule has 28 heavy (non-hydrogen) atoms. The zero-order chi connectivity index (χ0) is 20.2. The lowest BCUT2D eigenvalue weighted by atomic mass is 10.2. The zero-order valence-corrected chi connectivity index (χ0v) is 17.4. The average Bonchev–Trinajstić information content (AvgIpc) is 2.71. The highest BCUT2D eigenvalue weighted by Crippen LogP contribution is 2.17. The molecule has 0 bridgehead atoms. The molecule has 2 aromatic carbocycles. The normalized spacial score (nSPS) is 11.4. The van der Waals surface area contributed by atoms with Crippen molar-refractivity contribution in [3.8, 4) is 11.5 Å². The fraction of sp³-hybridized carbons (Fsp3) is 0.409. The molecule has 0 atom stereocenters. The minimum absolute atomic E-state index is 0.598. The molecule has 0 spiro atoms. The number of hydrogen-bond acceptors (Lipinski definition) is 4. The van der Waals surface area contributed by atoms with E-state index in [0.29, 0.717) is 19.7 Å². The van der Waals surface area contributed by atoms with Crippen molar-refractivity contribution in [3.63, 3.8) is 0 Å². The van der Waals surface area contributed by atoms with Crippen LogP contribution in [-0.2, 0) is 13.1 Å². The van der Waals surface area contributed by atoms with E-state index in [9.17, 15) is 0 Å². The summed E-state index contributed by atoms with van der Waals surface area (Å²) in [4.78, 5) is 6.78. The first-order valence-corrected chi connectivity index (χ1v) is 9.63. The first kappa shape index (κ1) is 21.6. The summed E-state index contributed by atoms with van der Waals surface area (Å²) in [5.41, 5.74) is 2.24. The third-order valence-corrected chi connectivity index (χ3v) is 4.14. The number of guanidine groups is 1. The van der Waals surface area contributed by atoms with Gasteiger partial charge in [0.2, 0.25) is 0 Å². The molecule has 0 saturated carbocycles. The van der Waals surface area contributed by atoms with Crippen molar-refractivity contribution in [2.75, 3.05) is 40.9 Å². The summed E-state index contributed by atoms with van der Waals surface area (Å²) < 4.78 is 11.1. The first-order valence-electron chi connectivity index (χ1n) is 9.63. The summed E-state index contributed by atoms with van der Waals surface area (Å²) in [6, 6.07) is 16.1. The Morgan fingerprint density at radius 1 is 1.04 bits per heavy atom. The number of likely N-dealkylation sites (N-methyl/N-ethyl adjacent to an activating group) is 1. The molecule has 0 heterocycles. The maximum absolute atomic E-state index is 5.94. The van der Waals surface area contributed by atoms with E-state index in [1.807, 2.05) is 56.6 Å². The number of ether oxygens (including phenoxy) is 2. The van der Waals surface area contributed by atoms with Crippen molar-refractivity contribution in [3.05, 3.63) is 59.7 Å². The summed E-state index contributed by atoms with van der Waals surface area (Å²) in [6.07, 6.45) is 0. The summed E-state index contributed by atoms with van der Waals surface area (Å²) in [7, 11) is 5.75. The summed E-state index contributed by atoms with van der Waals surface area (Å²) >= 11 is 0. The van der Waals surface area contributed by atoms with E-state index in [-0.39, 0.29) is 0 Å². The lowest BCUT2D eigenvalue weighted by Crippen LogP contribution is -2.36. The second-order valence-electron chi connectivity index (χ2n) is 6.66. The van der Waals surface area contributed by atoms with E-state index in [0.717, 1.165) is 41.7 Å². The first-order chi connectivity index (χ1) is 13.6. The van der Waals surface area contributed by atoms with Crippen molar-refractivity contribution in [2.24, 2.45) is 4.99 Å². The van der Waals surface area contributed by atoms with Gasteiger partial charge in [-0.2, -0.15) is 0 Å². The topological polar surface area (TPSA) is 58.1 Å². The monoisotopic (exact) mass is 384 g/mol. The van der Waals surface area contributed by atoms with Gasteiger partial charge in [-0.3, -0.25) is 0 Å². The van der Waals surface area contributed by atoms with E-state index in [1.165, 1.54) is 0 Å². The molecule has 0 aliphatic carbocycles. The molecule has 0 aromatic heterocycles. The number of para-hydroxylation sites is 1. The van der Waals surface area contributed by atoms with Gasteiger partial charge >= 0.3 is 0 Å². The molecule has 2 N–H and O–H groups in total. The van der Waals surface area contributed by atoms with Crippen molar-refractivity contribution >= 4 is 5.96 Å². The molecule has 2 rings (SSSR count). The Kier molecular flexibility index (Phi) is 9.15. The van der Waals surface area contributed by atoms with Crippen LogP contribution < -0.4 is 20.1 Å². The fourth-order valence-electron chi connectivity index (χ4n) is 2.55. The molecular weight excluding hydrogens is 352 g/mol. The van der Waals surface area contributed by atoms with Crippen LogP contribution in [0.4, 0.5) is 0 Å². The molecule has 2 aromatic rings. The average molecular weight is 385 g/mol. The molecule has 0 saturated heterocycles. The van der Waals surface area contributed by atoms with Crippen molar-refractivity contribution in [2.45, 2.75) is 20.0 Å². The van der Waals surface area contributed by atoms with Gasteiger partial charge in [-0.1, -0.05) is 30.3 Å². The van der Waals surface area contributed by atoms with Crippen molar-refractivity contribution < 1.29 is 9.47 Å². The van der Waals surface area contributed by atoms with Gasteiger partial charge in [0.25, 0.3) is 0 Å². The quantitative estimate of drug-likeness (QED) is 0.487. The molecule has 6 heteroatoms. The lowest BCUT2D eigenvalue weighted by Gasteiger charge is -2.16. The number of benzene rings is 2. The highest BCUT2D eigenvalue weighted by molar-refractivity contribution is 5.79. The largest absolute Gasteiger partial charge is 0.497 e. The highest BCUT2D eigenvalue weighted by Gasteiger charge is 2.05. The molecule has 152 valence electrons. The van der Waals surface area contributed by atoms with E-state index >= 15 is 0 Å². The van der Waals surface area contributed by atoms with Gasteiger partial charge in [-0.25, -0.2) is 4.99 Å². The minimum atomic E-state index is 0.598. The second kappa shape index (κ2) is 11.9. The Bertz CT molecular complexity index is 730. The predicted molar refractivity (Wildman–Crippen MR) is 115 cm³/mol. The number of rotatable bonds is 10. The molecule has 6 nitrogen and oxygen atoms in total. The van der Waals surface area contributed by atoms with Gasteiger partial charge in [0.15, 0.2) is 5.96 Å². The van der Waals surface area contributed by atoms with E-state index < -0.39 is 0 Å². The van der Waals surface area contributed by atoms with Crippen LogP contribution in [0, 0.1) is 0 Å². The van der Waals surface area contributed by atoms with Crippen molar-refractivity contribution in [1.82, 2.24) is 15.5 Å². The standard InChI is InChI=1S/C22H32N4O2/c1-5-23-22(24-16-18-10-12-20(27-4)13-11-18)25-17-19-8-6-7-9-21(19)28-15-14-26(2)3/h6-13H,5,14-17H2,1-4H3,(H2,23,24,25). The van der Waals surface area contributed by atoms with Crippen LogP contribution in [0.25, 0.3) is 0 Å². The Balaban J connectivity index is 1.96. The van der Waals surface area contributed by atoms with Crippen LogP contribution in [0.15, 0.2) is 53.5 Å². The number of nitrogens with one attached hydrogen (secondary N) is 2. The molecule has 0 unspecified atom stereocenters. The van der Waals surface area contributed by atoms with Gasteiger partial charge in [-0.05, 0) is 44.8 Å². The maximum Gasteiger partial charge on any atom is 0.191 e. The van der Waals surface area contributed by atoms with Gasteiger partial charge in [-0.15, -0.1) is 0 Å². The molecule has 0 amide bonds.